The fraction of sp³-hybridized carbons (Fsp3) is 1.00. The van der Waals surface area contributed by atoms with Crippen LogP contribution in [-0.4, -0.2) is 28.8 Å². The molecule has 2 nitrogen and oxygen atoms in total. The zero-order chi connectivity index (χ0) is 12.0. The van der Waals surface area contributed by atoms with Gasteiger partial charge in [-0.3, -0.25) is 4.90 Å². The number of aliphatic hydroxyl groups excluding tert-OH is 1. The van der Waals surface area contributed by atoms with E-state index in [4.69, 9.17) is 0 Å². The van der Waals surface area contributed by atoms with Crippen molar-refractivity contribution in [2.24, 2.45) is 5.92 Å². The van der Waals surface area contributed by atoms with Gasteiger partial charge in [0.05, 0.1) is 0 Å². The maximum Gasteiger partial charge on any atom is 0.104 e. The summed E-state index contributed by atoms with van der Waals surface area (Å²) >= 11 is 0. The summed E-state index contributed by atoms with van der Waals surface area (Å²) in [6, 6.07) is 0.607. The van der Waals surface area contributed by atoms with E-state index in [9.17, 15) is 5.11 Å². The summed E-state index contributed by atoms with van der Waals surface area (Å²) in [5.74, 6) is 0.787. The second kappa shape index (κ2) is 7.29. The van der Waals surface area contributed by atoms with Crippen LogP contribution in [0.3, 0.4) is 0 Å². The summed E-state index contributed by atoms with van der Waals surface area (Å²) in [6.07, 6.45) is 9.10. The van der Waals surface area contributed by atoms with Gasteiger partial charge in [0.2, 0.25) is 0 Å². The van der Waals surface area contributed by atoms with Crippen LogP contribution >= 0.6 is 0 Å². The summed E-state index contributed by atoms with van der Waals surface area (Å²) in [4.78, 5) is 2.29. The molecule has 3 unspecified atom stereocenters. The normalized spacial score (nSPS) is 29.8. The molecule has 1 N–H and O–H groups in total. The van der Waals surface area contributed by atoms with E-state index in [1.807, 2.05) is 6.92 Å². The second-order valence-electron chi connectivity index (χ2n) is 5.19. The lowest BCUT2D eigenvalue weighted by Gasteiger charge is -2.39. The number of rotatable bonds is 4. The third-order valence-corrected chi connectivity index (χ3v) is 4.16. The lowest BCUT2D eigenvalue weighted by molar-refractivity contribution is -0.0325. The molecule has 0 amide bonds. The lowest BCUT2D eigenvalue weighted by Crippen LogP contribution is -2.46. The summed E-state index contributed by atoms with van der Waals surface area (Å²) < 4.78 is 0. The first-order valence-corrected chi connectivity index (χ1v) is 7.14. The van der Waals surface area contributed by atoms with E-state index < -0.39 is 0 Å². The Morgan fingerprint density at radius 3 is 2.25 bits per heavy atom. The van der Waals surface area contributed by atoms with Gasteiger partial charge in [0.25, 0.3) is 0 Å². The highest BCUT2D eigenvalue weighted by molar-refractivity contribution is 4.80. The van der Waals surface area contributed by atoms with Gasteiger partial charge in [-0.05, 0) is 32.2 Å². The van der Waals surface area contributed by atoms with Crippen molar-refractivity contribution in [2.45, 2.75) is 78.0 Å². The molecule has 2 heteroatoms. The molecule has 0 bridgehead atoms. The fourth-order valence-corrected chi connectivity index (χ4v) is 3.23. The van der Waals surface area contributed by atoms with Crippen LogP contribution in [0.5, 0.6) is 0 Å². The van der Waals surface area contributed by atoms with Crippen molar-refractivity contribution in [3.63, 3.8) is 0 Å². The molecule has 0 saturated heterocycles. The molecule has 0 aliphatic heterocycles. The van der Waals surface area contributed by atoms with Crippen molar-refractivity contribution < 1.29 is 5.11 Å². The van der Waals surface area contributed by atoms with Crippen LogP contribution in [0, 0.1) is 5.92 Å². The number of hydrogen-bond donors (Lipinski definition) is 1. The van der Waals surface area contributed by atoms with Gasteiger partial charge in [-0.25, -0.2) is 0 Å². The molecule has 16 heavy (non-hydrogen) atoms. The fourth-order valence-electron chi connectivity index (χ4n) is 3.23. The first-order valence-electron chi connectivity index (χ1n) is 7.14. The first kappa shape index (κ1) is 14.0. The van der Waals surface area contributed by atoms with Crippen LogP contribution in [0.1, 0.15) is 65.7 Å². The quantitative estimate of drug-likeness (QED) is 0.744. The Bertz CT molecular complexity index is 182. The third-order valence-electron chi connectivity index (χ3n) is 4.16. The first-order chi connectivity index (χ1) is 7.70. The van der Waals surface area contributed by atoms with Crippen LogP contribution < -0.4 is 0 Å². The molecule has 0 aromatic rings. The maximum absolute atomic E-state index is 9.87. The average Bonchev–Trinajstić information content (AvgIpc) is 2.22. The van der Waals surface area contributed by atoms with E-state index in [-0.39, 0.29) is 6.23 Å². The van der Waals surface area contributed by atoms with Crippen LogP contribution in [0.15, 0.2) is 0 Å². The molecule has 1 fully saturated rings. The van der Waals surface area contributed by atoms with E-state index in [1.165, 1.54) is 44.9 Å². The highest BCUT2D eigenvalue weighted by atomic mass is 16.3. The van der Waals surface area contributed by atoms with E-state index in [1.54, 1.807) is 0 Å². The minimum absolute atomic E-state index is 0.288. The van der Waals surface area contributed by atoms with Gasteiger partial charge in [-0.1, -0.05) is 46.0 Å². The third kappa shape index (κ3) is 3.74. The number of aliphatic hydroxyl groups is 1. The Labute approximate surface area is 101 Å². The van der Waals surface area contributed by atoms with Gasteiger partial charge in [0.1, 0.15) is 6.23 Å². The van der Waals surface area contributed by atoms with Crippen molar-refractivity contribution in [3.05, 3.63) is 0 Å². The van der Waals surface area contributed by atoms with Gasteiger partial charge in [-0.15, -0.1) is 0 Å². The van der Waals surface area contributed by atoms with Crippen molar-refractivity contribution in [1.29, 1.82) is 0 Å². The van der Waals surface area contributed by atoms with Crippen molar-refractivity contribution in [3.8, 4) is 0 Å². The average molecular weight is 227 g/mol. The van der Waals surface area contributed by atoms with E-state index in [0.29, 0.717) is 6.04 Å². The molecule has 0 heterocycles. The molecule has 1 aliphatic carbocycles. The second-order valence-corrected chi connectivity index (χ2v) is 5.19. The molecule has 3 atom stereocenters. The van der Waals surface area contributed by atoms with Gasteiger partial charge >= 0.3 is 0 Å². The molecule has 0 radical (unpaired) electrons. The Morgan fingerprint density at radius 1 is 1.12 bits per heavy atom. The summed E-state index contributed by atoms with van der Waals surface area (Å²) in [5.41, 5.74) is 0. The van der Waals surface area contributed by atoms with Crippen LogP contribution in [0.2, 0.25) is 0 Å². The monoisotopic (exact) mass is 227 g/mol. The summed E-state index contributed by atoms with van der Waals surface area (Å²) in [7, 11) is 0. The summed E-state index contributed by atoms with van der Waals surface area (Å²) in [5, 5.41) is 9.87. The Balaban J connectivity index is 2.67. The van der Waals surface area contributed by atoms with Gasteiger partial charge in [-0.2, -0.15) is 0 Å². The highest BCUT2D eigenvalue weighted by Crippen LogP contribution is 2.29. The molecule has 1 aliphatic rings. The molecule has 1 saturated carbocycles. The minimum Gasteiger partial charge on any atom is -0.379 e. The molecular formula is C14H29NO. The van der Waals surface area contributed by atoms with Crippen molar-refractivity contribution in [2.75, 3.05) is 6.54 Å². The van der Waals surface area contributed by atoms with Crippen LogP contribution in [0.25, 0.3) is 0 Å². The minimum atomic E-state index is -0.288. The van der Waals surface area contributed by atoms with Gasteiger partial charge in [0.15, 0.2) is 0 Å². The molecule has 1 rings (SSSR count). The van der Waals surface area contributed by atoms with E-state index >= 15 is 0 Å². The smallest absolute Gasteiger partial charge is 0.104 e. The molecule has 0 spiro atoms. The van der Waals surface area contributed by atoms with Crippen LogP contribution in [0.4, 0.5) is 0 Å². The molecule has 0 aromatic heterocycles. The maximum atomic E-state index is 9.87. The zero-order valence-electron chi connectivity index (χ0n) is 11.3. The predicted octanol–water partition coefficient (Wildman–Crippen LogP) is 3.40. The lowest BCUT2D eigenvalue weighted by atomic mass is 9.84. The standard InChI is InChI=1S/C14H29NO/c1-4-13-10-8-6-7-9-11-14(13)15(5-2)12(3)16/h12-14,16H,4-11H2,1-3H3. The van der Waals surface area contributed by atoms with Gasteiger partial charge < -0.3 is 5.11 Å². The zero-order valence-corrected chi connectivity index (χ0v) is 11.3. The Morgan fingerprint density at radius 2 is 1.75 bits per heavy atom. The largest absolute Gasteiger partial charge is 0.379 e. The Kier molecular flexibility index (Phi) is 6.37. The van der Waals surface area contributed by atoms with Crippen molar-refractivity contribution >= 4 is 0 Å². The van der Waals surface area contributed by atoms with E-state index in [2.05, 4.69) is 18.7 Å². The summed E-state index contributed by atoms with van der Waals surface area (Å²) in [6.45, 7) is 7.35. The molecular weight excluding hydrogens is 198 g/mol. The Hall–Kier alpha value is -0.0800. The highest BCUT2D eigenvalue weighted by Gasteiger charge is 2.28. The van der Waals surface area contributed by atoms with E-state index in [0.717, 1.165) is 12.5 Å². The molecule has 96 valence electrons. The van der Waals surface area contributed by atoms with Crippen LogP contribution in [-0.2, 0) is 0 Å². The van der Waals surface area contributed by atoms with Gasteiger partial charge in [0, 0.05) is 6.04 Å². The molecule has 0 aromatic carbocycles. The van der Waals surface area contributed by atoms with Crippen molar-refractivity contribution in [1.82, 2.24) is 4.90 Å². The number of nitrogens with zero attached hydrogens (tertiary/aromatic N) is 1. The predicted molar refractivity (Wildman–Crippen MR) is 69.3 cm³/mol. The topological polar surface area (TPSA) is 23.5 Å². The SMILES string of the molecule is CCC1CCCCCCC1N(CC)C(C)O. The number of hydrogen-bond acceptors (Lipinski definition) is 2.